The van der Waals surface area contributed by atoms with Gasteiger partial charge in [0.25, 0.3) is 0 Å². The summed E-state index contributed by atoms with van der Waals surface area (Å²) in [5, 5.41) is 0.672. The third-order valence-electron chi connectivity index (χ3n) is 3.40. The first-order chi connectivity index (χ1) is 9.45. The highest BCUT2D eigenvalue weighted by Gasteiger charge is 2.22. The molecule has 6 heteroatoms. The van der Waals surface area contributed by atoms with Gasteiger partial charge in [-0.05, 0) is 35.8 Å². The van der Waals surface area contributed by atoms with Gasteiger partial charge in [-0.25, -0.2) is 4.98 Å². The van der Waals surface area contributed by atoms with Gasteiger partial charge in [-0.15, -0.1) is 0 Å². The van der Waals surface area contributed by atoms with Crippen LogP contribution in [0.4, 0.5) is 5.82 Å². The van der Waals surface area contributed by atoms with Gasteiger partial charge in [0.1, 0.15) is 5.82 Å². The number of halogens is 2. The molecule has 0 amide bonds. The van der Waals surface area contributed by atoms with Crippen molar-refractivity contribution < 1.29 is 4.74 Å². The molecule has 1 saturated heterocycles. The van der Waals surface area contributed by atoms with E-state index in [0.29, 0.717) is 17.2 Å². The van der Waals surface area contributed by atoms with Gasteiger partial charge in [-0.3, -0.25) is 4.90 Å². The second kappa shape index (κ2) is 7.07. The molecule has 20 heavy (non-hydrogen) atoms. The summed E-state index contributed by atoms with van der Waals surface area (Å²) in [7, 11) is 2.02. The normalized spacial score (nSPS) is 23.9. The summed E-state index contributed by atoms with van der Waals surface area (Å²) in [6.07, 6.45) is 2.38. The Labute approximate surface area is 134 Å². The van der Waals surface area contributed by atoms with Crippen molar-refractivity contribution in [2.45, 2.75) is 26.1 Å². The van der Waals surface area contributed by atoms with Crippen LogP contribution in [-0.2, 0) is 4.74 Å². The lowest BCUT2D eigenvalue weighted by molar-refractivity contribution is -0.0670. The van der Waals surface area contributed by atoms with E-state index >= 15 is 0 Å². The second-order valence-electron chi connectivity index (χ2n) is 5.40. The minimum absolute atomic E-state index is 0.304. The van der Waals surface area contributed by atoms with Crippen LogP contribution in [0.2, 0.25) is 5.02 Å². The molecule has 1 aromatic heterocycles. The summed E-state index contributed by atoms with van der Waals surface area (Å²) in [6.45, 7) is 8.11. The van der Waals surface area contributed by atoms with Crippen LogP contribution in [0.3, 0.4) is 0 Å². The third kappa shape index (κ3) is 4.32. The Morgan fingerprint density at radius 3 is 2.70 bits per heavy atom. The fourth-order valence-electron chi connectivity index (χ4n) is 2.55. The molecule has 2 atom stereocenters. The highest BCUT2D eigenvalue weighted by atomic mass is 79.9. The molecular formula is C14H21BrClN3O. The van der Waals surface area contributed by atoms with Gasteiger partial charge >= 0.3 is 0 Å². The highest BCUT2D eigenvalue weighted by molar-refractivity contribution is 9.10. The summed E-state index contributed by atoms with van der Waals surface area (Å²) >= 11 is 9.60. The maximum atomic E-state index is 6.22. The molecule has 0 unspecified atom stereocenters. The molecule has 2 heterocycles. The van der Waals surface area contributed by atoms with Gasteiger partial charge in [0.05, 0.1) is 17.2 Å². The predicted molar refractivity (Wildman–Crippen MR) is 86.7 cm³/mol. The van der Waals surface area contributed by atoms with E-state index in [0.717, 1.165) is 36.5 Å². The lowest BCUT2D eigenvalue weighted by Crippen LogP contribution is -2.47. The van der Waals surface area contributed by atoms with Crippen molar-refractivity contribution in [2.24, 2.45) is 0 Å². The number of pyridine rings is 1. The van der Waals surface area contributed by atoms with Crippen molar-refractivity contribution >= 4 is 33.3 Å². The van der Waals surface area contributed by atoms with Crippen LogP contribution in [0, 0.1) is 0 Å². The monoisotopic (exact) mass is 361 g/mol. The Morgan fingerprint density at radius 2 is 2.10 bits per heavy atom. The Kier molecular flexibility index (Phi) is 5.66. The fraction of sp³-hybridized carbons (Fsp3) is 0.643. The van der Waals surface area contributed by atoms with Crippen molar-refractivity contribution in [3.8, 4) is 0 Å². The Balaban J connectivity index is 1.90. The van der Waals surface area contributed by atoms with Crippen LogP contribution in [0.1, 0.15) is 13.8 Å². The average Bonchev–Trinajstić information content (AvgIpc) is 2.35. The third-order valence-corrected chi connectivity index (χ3v) is 4.11. The molecule has 1 aliphatic rings. The van der Waals surface area contributed by atoms with Crippen LogP contribution < -0.4 is 4.90 Å². The first-order valence-electron chi connectivity index (χ1n) is 6.85. The van der Waals surface area contributed by atoms with E-state index in [9.17, 15) is 0 Å². The van der Waals surface area contributed by atoms with Gasteiger partial charge in [0.15, 0.2) is 0 Å². The SMILES string of the molecule is C[C@@H]1CN(CCN(C)c2ncc(Br)cc2Cl)C[C@H](C)O1. The zero-order chi connectivity index (χ0) is 14.7. The van der Waals surface area contributed by atoms with Crippen molar-refractivity contribution in [3.05, 3.63) is 21.8 Å². The molecular weight excluding hydrogens is 342 g/mol. The number of likely N-dealkylation sites (N-methyl/N-ethyl adjacent to an activating group) is 1. The minimum Gasteiger partial charge on any atom is -0.373 e. The number of anilines is 1. The second-order valence-corrected chi connectivity index (χ2v) is 6.72. The van der Waals surface area contributed by atoms with E-state index in [-0.39, 0.29) is 0 Å². The van der Waals surface area contributed by atoms with Gasteiger partial charge < -0.3 is 9.64 Å². The molecule has 0 radical (unpaired) electrons. The van der Waals surface area contributed by atoms with E-state index in [2.05, 4.69) is 44.6 Å². The highest BCUT2D eigenvalue weighted by Crippen LogP contribution is 2.25. The van der Waals surface area contributed by atoms with Crippen LogP contribution in [0.25, 0.3) is 0 Å². The molecule has 2 rings (SSSR count). The summed E-state index contributed by atoms with van der Waals surface area (Å²) in [5.74, 6) is 0.823. The maximum Gasteiger partial charge on any atom is 0.147 e. The number of morpholine rings is 1. The summed E-state index contributed by atoms with van der Waals surface area (Å²) in [5.41, 5.74) is 0. The van der Waals surface area contributed by atoms with Crippen LogP contribution in [0.15, 0.2) is 16.7 Å². The average molecular weight is 363 g/mol. The lowest BCUT2D eigenvalue weighted by atomic mass is 10.2. The van der Waals surface area contributed by atoms with E-state index in [1.807, 2.05) is 13.1 Å². The summed E-state index contributed by atoms with van der Waals surface area (Å²) in [6, 6.07) is 1.87. The molecule has 0 aromatic carbocycles. The maximum absolute atomic E-state index is 6.22. The van der Waals surface area contributed by atoms with E-state index < -0.39 is 0 Å². The number of nitrogens with zero attached hydrogens (tertiary/aromatic N) is 3. The van der Waals surface area contributed by atoms with Gasteiger partial charge in [0.2, 0.25) is 0 Å². The number of hydrogen-bond acceptors (Lipinski definition) is 4. The molecule has 1 fully saturated rings. The van der Waals surface area contributed by atoms with Crippen LogP contribution in [-0.4, -0.2) is 55.3 Å². The zero-order valence-electron chi connectivity index (χ0n) is 12.1. The van der Waals surface area contributed by atoms with E-state index in [1.54, 1.807) is 6.20 Å². The largest absolute Gasteiger partial charge is 0.373 e. The predicted octanol–water partition coefficient (Wildman–Crippen LogP) is 3.04. The van der Waals surface area contributed by atoms with Gasteiger partial charge in [-0.2, -0.15) is 0 Å². The number of ether oxygens (including phenoxy) is 1. The molecule has 0 saturated carbocycles. The molecule has 0 aliphatic carbocycles. The quantitative estimate of drug-likeness (QED) is 0.823. The number of hydrogen-bond donors (Lipinski definition) is 0. The van der Waals surface area contributed by atoms with Crippen molar-refractivity contribution in [3.63, 3.8) is 0 Å². The Hall–Kier alpha value is -0.360. The molecule has 112 valence electrons. The van der Waals surface area contributed by atoms with E-state index in [4.69, 9.17) is 16.3 Å². The summed E-state index contributed by atoms with van der Waals surface area (Å²) < 4.78 is 6.64. The number of rotatable bonds is 4. The molecule has 1 aliphatic heterocycles. The first kappa shape index (κ1) is 16.0. The van der Waals surface area contributed by atoms with Crippen molar-refractivity contribution in [1.29, 1.82) is 0 Å². The molecule has 1 aromatic rings. The Bertz CT molecular complexity index is 450. The lowest BCUT2D eigenvalue weighted by Gasteiger charge is -2.36. The molecule has 4 nitrogen and oxygen atoms in total. The Morgan fingerprint density at radius 1 is 1.45 bits per heavy atom. The number of aromatic nitrogens is 1. The first-order valence-corrected chi connectivity index (χ1v) is 8.03. The van der Waals surface area contributed by atoms with Crippen LogP contribution in [0.5, 0.6) is 0 Å². The fourth-order valence-corrected chi connectivity index (χ4v) is 3.33. The standard InChI is InChI=1S/C14H21BrClN3O/c1-10-8-19(9-11(2)20-10)5-4-18(3)14-13(16)6-12(15)7-17-14/h6-7,10-11H,4-5,8-9H2,1-3H3/t10-,11+. The smallest absolute Gasteiger partial charge is 0.147 e. The topological polar surface area (TPSA) is 28.6 Å². The van der Waals surface area contributed by atoms with E-state index in [1.165, 1.54) is 0 Å². The van der Waals surface area contributed by atoms with Crippen LogP contribution >= 0.6 is 27.5 Å². The summed E-state index contributed by atoms with van der Waals surface area (Å²) in [4.78, 5) is 8.90. The molecule has 0 bridgehead atoms. The van der Waals surface area contributed by atoms with Crippen molar-refractivity contribution in [2.75, 3.05) is 38.1 Å². The minimum atomic E-state index is 0.304. The molecule has 0 spiro atoms. The van der Waals surface area contributed by atoms with Gasteiger partial charge in [-0.1, -0.05) is 11.6 Å². The van der Waals surface area contributed by atoms with Crippen molar-refractivity contribution in [1.82, 2.24) is 9.88 Å². The molecule has 0 N–H and O–H groups in total. The zero-order valence-corrected chi connectivity index (χ0v) is 14.5. The van der Waals surface area contributed by atoms with Gasteiger partial charge in [0, 0.05) is 43.9 Å².